The highest BCUT2D eigenvalue weighted by atomic mass is 32.2. The lowest BCUT2D eigenvalue weighted by molar-refractivity contribution is 0.560. The van der Waals surface area contributed by atoms with E-state index in [4.69, 9.17) is 5.73 Å². The number of aryl methyl sites for hydroxylation is 1. The maximum Gasteiger partial charge on any atom is 0.240 e. The van der Waals surface area contributed by atoms with Crippen LogP contribution in [-0.4, -0.2) is 24.7 Å². The van der Waals surface area contributed by atoms with Crippen molar-refractivity contribution in [1.82, 2.24) is 14.5 Å². The van der Waals surface area contributed by atoms with Gasteiger partial charge in [-0.1, -0.05) is 12.1 Å². The molecule has 2 rings (SSSR count). The van der Waals surface area contributed by atoms with Crippen LogP contribution in [0.2, 0.25) is 0 Å². The van der Waals surface area contributed by atoms with Gasteiger partial charge in [-0.25, -0.2) is 13.1 Å². The number of nitrogens with zero attached hydrogens (tertiary/aromatic N) is 2. The molecule has 0 bridgehead atoms. The van der Waals surface area contributed by atoms with E-state index in [1.807, 2.05) is 19.2 Å². The fraction of sp³-hybridized carbons (Fsp3) is 0.357. The third kappa shape index (κ3) is 3.69. The highest BCUT2D eigenvalue weighted by Gasteiger charge is 2.17. The molecule has 0 aliphatic heterocycles. The predicted molar refractivity (Wildman–Crippen MR) is 81.2 cm³/mol. The lowest BCUT2D eigenvalue weighted by Gasteiger charge is -2.12. The van der Waals surface area contributed by atoms with E-state index in [1.165, 1.54) is 0 Å². The lowest BCUT2D eigenvalue weighted by atomic mass is 10.1. The van der Waals surface area contributed by atoms with Crippen molar-refractivity contribution in [2.24, 2.45) is 5.73 Å². The average molecular weight is 308 g/mol. The van der Waals surface area contributed by atoms with E-state index in [2.05, 4.69) is 9.82 Å². The zero-order chi connectivity index (χ0) is 15.5. The van der Waals surface area contributed by atoms with Crippen LogP contribution in [0.4, 0.5) is 0 Å². The maximum absolute atomic E-state index is 12.3. The summed E-state index contributed by atoms with van der Waals surface area (Å²) in [5.74, 6) is 0. The monoisotopic (exact) mass is 308 g/mol. The van der Waals surface area contributed by atoms with Crippen molar-refractivity contribution in [3.63, 3.8) is 0 Å². The van der Waals surface area contributed by atoms with E-state index in [0.29, 0.717) is 18.7 Å². The highest BCUT2D eigenvalue weighted by Crippen LogP contribution is 2.18. The van der Waals surface area contributed by atoms with Crippen LogP contribution in [0.3, 0.4) is 0 Å². The third-order valence-electron chi connectivity index (χ3n) is 3.30. The Balaban J connectivity index is 2.08. The summed E-state index contributed by atoms with van der Waals surface area (Å²) in [4.78, 5) is 0.280. The molecule has 0 saturated carbocycles. The quantitative estimate of drug-likeness (QED) is 0.831. The van der Waals surface area contributed by atoms with Crippen LogP contribution in [0.5, 0.6) is 0 Å². The second-order valence-electron chi connectivity index (χ2n) is 4.92. The van der Waals surface area contributed by atoms with Crippen molar-refractivity contribution >= 4 is 10.0 Å². The Morgan fingerprint density at radius 3 is 2.71 bits per heavy atom. The van der Waals surface area contributed by atoms with Crippen LogP contribution in [0.15, 0.2) is 35.5 Å². The largest absolute Gasteiger partial charge is 0.326 e. The van der Waals surface area contributed by atoms with Crippen LogP contribution in [0.1, 0.15) is 16.7 Å². The number of hydrogen-bond donors (Lipinski definition) is 2. The number of sulfonamides is 1. The van der Waals surface area contributed by atoms with Gasteiger partial charge in [0.25, 0.3) is 0 Å². The molecule has 0 aliphatic rings. The van der Waals surface area contributed by atoms with E-state index in [0.717, 1.165) is 11.1 Å². The van der Waals surface area contributed by atoms with Crippen molar-refractivity contribution in [2.75, 3.05) is 6.54 Å². The molecule has 0 saturated heterocycles. The number of benzene rings is 1. The van der Waals surface area contributed by atoms with Gasteiger partial charge in [0, 0.05) is 19.3 Å². The number of rotatable bonds is 6. The first-order chi connectivity index (χ1) is 9.94. The number of nitrogens with one attached hydrogen (secondary N) is 1. The molecular weight excluding hydrogens is 288 g/mol. The Kier molecular flexibility index (Phi) is 4.76. The zero-order valence-corrected chi connectivity index (χ0v) is 13.0. The van der Waals surface area contributed by atoms with Crippen LogP contribution < -0.4 is 10.5 Å². The molecule has 0 atom stereocenters. The molecule has 114 valence electrons. The Morgan fingerprint density at radius 1 is 1.33 bits per heavy atom. The lowest BCUT2D eigenvalue weighted by Crippen LogP contribution is -2.28. The molecule has 1 aromatic carbocycles. The molecule has 1 aromatic heterocycles. The van der Waals surface area contributed by atoms with Crippen LogP contribution in [0, 0.1) is 13.8 Å². The number of nitrogens with two attached hydrogens (primary N) is 1. The molecule has 0 spiro atoms. The molecule has 0 fully saturated rings. The summed E-state index contributed by atoms with van der Waals surface area (Å²) in [5.41, 5.74) is 8.19. The van der Waals surface area contributed by atoms with E-state index >= 15 is 0 Å². The van der Waals surface area contributed by atoms with Gasteiger partial charge in [0.2, 0.25) is 10.0 Å². The van der Waals surface area contributed by atoms with E-state index in [-0.39, 0.29) is 11.4 Å². The number of hydrogen-bond acceptors (Lipinski definition) is 4. The summed E-state index contributed by atoms with van der Waals surface area (Å²) in [5, 5.41) is 4.12. The third-order valence-corrected chi connectivity index (χ3v) is 4.91. The van der Waals surface area contributed by atoms with E-state index in [1.54, 1.807) is 29.9 Å². The van der Waals surface area contributed by atoms with Gasteiger partial charge in [-0.2, -0.15) is 5.10 Å². The minimum atomic E-state index is -3.53. The van der Waals surface area contributed by atoms with Gasteiger partial charge in [-0.15, -0.1) is 0 Å². The highest BCUT2D eigenvalue weighted by molar-refractivity contribution is 7.89. The summed E-state index contributed by atoms with van der Waals surface area (Å²) < 4.78 is 29.0. The van der Waals surface area contributed by atoms with Crippen LogP contribution in [-0.2, 0) is 23.1 Å². The van der Waals surface area contributed by atoms with Gasteiger partial charge in [0.15, 0.2) is 0 Å². The molecule has 0 unspecified atom stereocenters. The summed E-state index contributed by atoms with van der Waals surface area (Å²) in [6.07, 6.45) is 3.61. The Hall–Kier alpha value is -1.70. The van der Waals surface area contributed by atoms with Gasteiger partial charge in [-0.3, -0.25) is 4.68 Å². The maximum atomic E-state index is 12.3. The molecule has 6 nitrogen and oxygen atoms in total. The Labute approximate surface area is 125 Å². The zero-order valence-electron chi connectivity index (χ0n) is 12.2. The molecule has 0 aliphatic carbocycles. The van der Waals surface area contributed by atoms with Crippen molar-refractivity contribution in [2.45, 2.75) is 31.8 Å². The first-order valence-corrected chi connectivity index (χ1v) is 8.19. The van der Waals surface area contributed by atoms with Crippen LogP contribution in [0.25, 0.3) is 0 Å². The fourth-order valence-corrected chi connectivity index (χ4v) is 3.44. The van der Waals surface area contributed by atoms with Crippen LogP contribution >= 0.6 is 0 Å². The molecule has 0 radical (unpaired) electrons. The van der Waals surface area contributed by atoms with Gasteiger partial charge < -0.3 is 5.73 Å². The fourth-order valence-electron chi connectivity index (χ4n) is 2.13. The molecular formula is C14H20N4O2S. The summed E-state index contributed by atoms with van der Waals surface area (Å²) in [7, 11) is -3.53. The van der Waals surface area contributed by atoms with Crippen molar-refractivity contribution in [3.8, 4) is 0 Å². The average Bonchev–Trinajstić information content (AvgIpc) is 2.84. The predicted octanol–water partition coefficient (Wildman–Crippen LogP) is 0.937. The molecule has 3 N–H and O–H groups in total. The van der Waals surface area contributed by atoms with Gasteiger partial charge in [0.05, 0.1) is 17.6 Å². The summed E-state index contributed by atoms with van der Waals surface area (Å²) >= 11 is 0. The second-order valence-corrected chi connectivity index (χ2v) is 6.66. The smallest absolute Gasteiger partial charge is 0.240 e. The molecule has 0 amide bonds. The van der Waals surface area contributed by atoms with Crippen molar-refractivity contribution < 1.29 is 8.42 Å². The normalized spacial score (nSPS) is 11.8. The summed E-state index contributed by atoms with van der Waals surface area (Å²) in [6.45, 7) is 4.81. The molecule has 21 heavy (non-hydrogen) atoms. The number of aromatic nitrogens is 2. The molecule has 1 heterocycles. The molecule has 7 heteroatoms. The standard InChI is InChI=1S/C14H20N4O2S/c1-11-9-16-18(10-11)7-6-17-21(19,20)14-5-3-4-13(8-15)12(14)2/h3-5,9-10,17H,6-8,15H2,1-2H3. The Bertz CT molecular complexity index is 722. The van der Waals surface area contributed by atoms with Crippen molar-refractivity contribution in [1.29, 1.82) is 0 Å². The van der Waals surface area contributed by atoms with Gasteiger partial charge in [0.1, 0.15) is 0 Å². The van der Waals surface area contributed by atoms with E-state index < -0.39 is 10.0 Å². The summed E-state index contributed by atoms with van der Waals surface area (Å²) in [6, 6.07) is 5.14. The second kappa shape index (κ2) is 6.38. The van der Waals surface area contributed by atoms with Gasteiger partial charge >= 0.3 is 0 Å². The first kappa shape index (κ1) is 15.7. The Morgan fingerprint density at radius 2 is 2.10 bits per heavy atom. The topological polar surface area (TPSA) is 90.0 Å². The first-order valence-electron chi connectivity index (χ1n) is 6.71. The minimum Gasteiger partial charge on any atom is -0.326 e. The van der Waals surface area contributed by atoms with Crippen molar-refractivity contribution in [3.05, 3.63) is 47.3 Å². The van der Waals surface area contributed by atoms with E-state index in [9.17, 15) is 8.42 Å². The molecule has 2 aromatic rings. The SMILES string of the molecule is Cc1cnn(CCNS(=O)(=O)c2cccc(CN)c2C)c1. The van der Waals surface area contributed by atoms with Gasteiger partial charge in [-0.05, 0) is 36.6 Å². The minimum absolute atomic E-state index is 0.280.